The highest BCUT2D eigenvalue weighted by molar-refractivity contribution is 6.46. The van der Waals surface area contributed by atoms with Crippen LogP contribution >= 0.6 is 0 Å². The van der Waals surface area contributed by atoms with Crippen LogP contribution in [0.4, 0.5) is 10.1 Å². The fraction of sp³-hybridized carbons (Fsp3) is 0.333. The summed E-state index contributed by atoms with van der Waals surface area (Å²) >= 11 is 0. The average Bonchev–Trinajstić information content (AvgIpc) is 3.01. The van der Waals surface area contributed by atoms with Crippen LogP contribution in [-0.4, -0.2) is 49.4 Å². The molecule has 6 nitrogen and oxygen atoms in total. The van der Waals surface area contributed by atoms with Crippen molar-refractivity contribution in [3.63, 3.8) is 0 Å². The Morgan fingerprint density at radius 3 is 2.42 bits per heavy atom. The summed E-state index contributed by atoms with van der Waals surface area (Å²) in [6, 6.07) is 10.3. The molecule has 164 valence electrons. The zero-order chi connectivity index (χ0) is 22.7. The predicted octanol–water partition coefficient (Wildman–Crippen LogP) is 4.12. The van der Waals surface area contributed by atoms with Crippen LogP contribution in [0.25, 0.3) is 5.76 Å². The SMILES string of the molecule is CCCCN1C(=O)C(=O)/C(=C(/O)c2cc(F)ccc2OC)C1c1ccc(N(C)C)cc1. The number of amides is 1. The quantitative estimate of drug-likeness (QED) is 0.410. The van der Waals surface area contributed by atoms with E-state index >= 15 is 0 Å². The summed E-state index contributed by atoms with van der Waals surface area (Å²) in [5.74, 6) is -2.29. The Kier molecular flexibility index (Phi) is 6.63. The lowest BCUT2D eigenvalue weighted by atomic mass is 9.94. The molecular formula is C24H27FN2O4. The van der Waals surface area contributed by atoms with Crippen LogP contribution in [0.3, 0.4) is 0 Å². The Morgan fingerprint density at radius 2 is 1.84 bits per heavy atom. The normalized spacial score (nSPS) is 17.8. The zero-order valence-electron chi connectivity index (χ0n) is 18.2. The second kappa shape index (κ2) is 9.20. The molecule has 0 saturated carbocycles. The third-order valence-electron chi connectivity index (χ3n) is 5.43. The van der Waals surface area contributed by atoms with Gasteiger partial charge in [-0.3, -0.25) is 9.59 Å². The van der Waals surface area contributed by atoms with Crippen molar-refractivity contribution in [2.75, 3.05) is 32.6 Å². The first-order chi connectivity index (χ1) is 14.8. The monoisotopic (exact) mass is 426 g/mol. The summed E-state index contributed by atoms with van der Waals surface area (Å²) in [4.78, 5) is 29.3. The first-order valence-electron chi connectivity index (χ1n) is 10.2. The minimum absolute atomic E-state index is 0.0332. The van der Waals surface area contributed by atoms with Crippen LogP contribution in [0.15, 0.2) is 48.0 Å². The highest BCUT2D eigenvalue weighted by Gasteiger charge is 2.46. The maximum Gasteiger partial charge on any atom is 0.295 e. The number of halogens is 1. The number of benzene rings is 2. The van der Waals surface area contributed by atoms with Crippen LogP contribution < -0.4 is 9.64 Å². The van der Waals surface area contributed by atoms with Crippen molar-refractivity contribution in [3.8, 4) is 5.75 Å². The van der Waals surface area contributed by atoms with E-state index in [4.69, 9.17) is 4.74 Å². The molecule has 1 saturated heterocycles. The van der Waals surface area contributed by atoms with Crippen molar-refractivity contribution < 1.29 is 23.8 Å². The molecule has 1 N–H and O–H groups in total. The van der Waals surface area contributed by atoms with Crippen LogP contribution in [0.1, 0.15) is 36.9 Å². The standard InChI is InChI=1S/C24H27FN2O4/c1-5-6-13-27-21(15-7-10-17(11-8-15)26(2)3)20(23(29)24(27)30)22(28)18-14-16(25)9-12-19(18)31-4/h7-12,14,21,28H,5-6,13H2,1-4H3/b22-20+. The number of aliphatic hydroxyl groups excluding tert-OH is 1. The Morgan fingerprint density at radius 1 is 1.16 bits per heavy atom. The maximum absolute atomic E-state index is 13.9. The van der Waals surface area contributed by atoms with Gasteiger partial charge in [0.15, 0.2) is 0 Å². The number of anilines is 1. The fourth-order valence-corrected chi connectivity index (χ4v) is 3.75. The third kappa shape index (κ3) is 4.26. The van der Waals surface area contributed by atoms with Crippen molar-refractivity contribution in [1.29, 1.82) is 0 Å². The van der Waals surface area contributed by atoms with E-state index in [1.807, 2.05) is 50.2 Å². The van der Waals surface area contributed by atoms with Gasteiger partial charge in [0, 0.05) is 26.3 Å². The summed E-state index contributed by atoms with van der Waals surface area (Å²) in [5.41, 5.74) is 1.62. The Labute approximate surface area is 181 Å². The first-order valence-corrected chi connectivity index (χ1v) is 10.2. The molecule has 1 fully saturated rings. The minimum Gasteiger partial charge on any atom is -0.507 e. The molecule has 0 aromatic heterocycles. The summed E-state index contributed by atoms with van der Waals surface area (Å²) in [5, 5.41) is 11.1. The molecule has 1 unspecified atom stereocenters. The van der Waals surface area contributed by atoms with Crippen LogP contribution in [0, 0.1) is 5.82 Å². The number of ether oxygens (including phenoxy) is 1. The lowest BCUT2D eigenvalue weighted by Gasteiger charge is -2.26. The number of nitrogens with zero attached hydrogens (tertiary/aromatic N) is 2. The van der Waals surface area contributed by atoms with E-state index in [-0.39, 0.29) is 16.9 Å². The molecule has 2 aromatic rings. The molecular weight excluding hydrogens is 399 g/mol. The fourth-order valence-electron chi connectivity index (χ4n) is 3.75. The lowest BCUT2D eigenvalue weighted by Crippen LogP contribution is -2.30. The molecule has 0 spiro atoms. The molecule has 3 rings (SSSR count). The third-order valence-corrected chi connectivity index (χ3v) is 5.43. The lowest BCUT2D eigenvalue weighted by molar-refractivity contribution is -0.139. The molecule has 1 amide bonds. The van der Waals surface area contributed by atoms with Crippen LogP contribution in [0.5, 0.6) is 5.75 Å². The number of hydrogen-bond donors (Lipinski definition) is 1. The van der Waals surface area contributed by atoms with Gasteiger partial charge in [-0.25, -0.2) is 4.39 Å². The average molecular weight is 426 g/mol. The van der Waals surface area contributed by atoms with Crippen molar-refractivity contribution in [2.45, 2.75) is 25.8 Å². The van der Waals surface area contributed by atoms with Gasteiger partial charge in [-0.15, -0.1) is 0 Å². The van der Waals surface area contributed by atoms with Crippen LogP contribution in [0.2, 0.25) is 0 Å². The molecule has 0 radical (unpaired) electrons. The molecule has 1 aliphatic rings. The summed E-state index contributed by atoms with van der Waals surface area (Å²) < 4.78 is 19.2. The number of rotatable bonds is 7. The second-order valence-electron chi connectivity index (χ2n) is 7.68. The van der Waals surface area contributed by atoms with E-state index in [9.17, 15) is 19.1 Å². The van der Waals surface area contributed by atoms with Gasteiger partial charge < -0.3 is 19.6 Å². The topological polar surface area (TPSA) is 70.1 Å². The van der Waals surface area contributed by atoms with Crippen LogP contribution in [-0.2, 0) is 9.59 Å². The summed E-state index contributed by atoms with van der Waals surface area (Å²) in [7, 11) is 5.22. The first kappa shape index (κ1) is 22.3. The van der Waals surface area contributed by atoms with Crippen molar-refractivity contribution in [2.24, 2.45) is 0 Å². The number of Topliss-reactive ketones (excluding diaryl/α,β-unsaturated/α-hetero) is 1. The molecule has 2 aromatic carbocycles. The molecule has 1 atom stereocenters. The van der Waals surface area contributed by atoms with Gasteiger partial charge >= 0.3 is 0 Å². The van der Waals surface area contributed by atoms with Gasteiger partial charge in [-0.1, -0.05) is 25.5 Å². The highest BCUT2D eigenvalue weighted by Crippen LogP contribution is 2.41. The number of ketones is 1. The number of aliphatic hydroxyl groups is 1. The Bertz CT molecular complexity index is 1010. The van der Waals surface area contributed by atoms with E-state index < -0.39 is 29.3 Å². The molecule has 0 aliphatic carbocycles. The molecule has 7 heteroatoms. The van der Waals surface area contributed by atoms with E-state index in [0.717, 1.165) is 18.2 Å². The minimum atomic E-state index is -0.790. The second-order valence-corrected chi connectivity index (χ2v) is 7.68. The molecule has 0 bridgehead atoms. The van der Waals surface area contributed by atoms with Crippen molar-refractivity contribution >= 4 is 23.1 Å². The van der Waals surface area contributed by atoms with Gasteiger partial charge in [0.2, 0.25) is 0 Å². The van der Waals surface area contributed by atoms with Gasteiger partial charge in [0.25, 0.3) is 11.7 Å². The Hall–Kier alpha value is -3.35. The number of hydrogen-bond acceptors (Lipinski definition) is 5. The van der Waals surface area contributed by atoms with Gasteiger partial charge in [0.1, 0.15) is 17.3 Å². The van der Waals surface area contributed by atoms with Gasteiger partial charge in [-0.05, 0) is 42.3 Å². The summed E-state index contributed by atoms with van der Waals surface area (Å²) in [6.07, 6.45) is 1.55. The van der Waals surface area contributed by atoms with E-state index in [1.54, 1.807) is 0 Å². The number of carbonyl (C=O) groups excluding carboxylic acids is 2. The predicted molar refractivity (Wildman–Crippen MR) is 118 cm³/mol. The molecule has 1 aliphatic heterocycles. The number of unbranched alkanes of at least 4 members (excludes halogenated alkanes) is 1. The van der Waals surface area contributed by atoms with E-state index in [0.29, 0.717) is 18.5 Å². The largest absolute Gasteiger partial charge is 0.507 e. The van der Waals surface area contributed by atoms with Gasteiger partial charge in [-0.2, -0.15) is 0 Å². The number of carbonyl (C=O) groups is 2. The Balaban J connectivity index is 2.20. The molecule has 1 heterocycles. The van der Waals surface area contributed by atoms with Gasteiger partial charge in [0.05, 0.1) is 24.3 Å². The summed E-state index contributed by atoms with van der Waals surface area (Å²) in [6.45, 7) is 2.37. The smallest absolute Gasteiger partial charge is 0.295 e. The number of likely N-dealkylation sites (tertiary alicyclic amines) is 1. The molecule has 31 heavy (non-hydrogen) atoms. The highest BCUT2D eigenvalue weighted by atomic mass is 19.1. The van der Waals surface area contributed by atoms with E-state index in [2.05, 4.69) is 0 Å². The maximum atomic E-state index is 13.9. The van der Waals surface area contributed by atoms with Crippen molar-refractivity contribution in [1.82, 2.24) is 4.90 Å². The zero-order valence-corrected chi connectivity index (χ0v) is 18.2. The van der Waals surface area contributed by atoms with Crippen molar-refractivity contribution in [3.05, 3.63) is 65.0 Å². The number of methoxy groups -OCH3 is 1. The van der Waals surface area contributed by atoms with E-state index in [1.165, 1.54) is 24.1 Å².